The van der Waals surface area contributed by atoms with Gasteiger partial charge in [0.2, 0.25) is 6.80 Å². The van der Waals surface area contributed by atoms with Crippen LogP contribution in [0, 0.1) is 127 Å². The van der Waals surface area contributed by atoms with Gasteiger partial charge in [-0.15, -0.1) is 45.0 Å². The summed E-state index contributed by atoms with van der Waals surface area (Å²) < 4.78 is 35.7. The highest BCUT2D eigenvalue weighted by atomic mass is 19.1. The van der Waals surface area contributed by atoms with Crippen molar-refractivity contribution < 1.29 is 97.0 Å². The molecule has 1 aromatic carbocycles. The predicted molar refractivity (Wildman–Crippen MR) is 490 cm³/mol. The minimum Gasteiger partial charge on any atom is -0.469 e. The molecule has 119 heavy (non-hydrogen) atoms. The standard InChI is InChI=1S/C11H18NO.2C10H18NO2.C8H15FNO.C8H13N4.C8H12N.C7H16NO.C7H14NO.C7H16N.C7H14N.2C5H11N2/c1-12(2,8-9-13)10-11-6-4-3-5-7-11;2*1-6-7-11(3,4)8-9(2)10(12)13-5;1-7(8(2)11)5-10(3,4)6-9;1-4-5-12(2,3)6-8-9-7-10-11-8;1-5-7-9(3,4)8-6-2;1-6-7(9-6)5-8(2,3)4;1-4-5-8(2,3)6-7-9;1-8(2,3)6-7-4-5-7;1-5-7-8(3,4)6-2;2*1-7(2,3)5-4-6/h3-7,13H,8-10H2,1-2H3;2*1,9H,7-8H2,2-5H3;1,5-6H2,2-4H3;1,7H,5-6H2,2-3H3,(H,9,10,11);1-2H,7-8H2,3-4H3;6-7H,5H2,1-4H3;1,9H,5-7H2,2-3H3;7H,4-6H2,1-3H3;1H,6-7H2,2-4H3;2*5H2,1-3H3/q12*+1/t;2*9-;;;;;;;;;/m.10........./s1. The smallest absolute Gasteiger partial charge is 0.314 e. The molecular weight excluding hydrogens is 1500 g/mol. The lowest BCUT2D eigenvalue weighted by molar-refractivity contribution is -0.903. The molecule has 2 aliphatic rings. The maximum Gasteiger partial charge on any atom is 0.314 e. The van der Waals surface area contributed by atoms with E-state index in [-0.39, 0.29) is 47.3 Å². The highest BCUT2D eigenvalue weighted by Gasteiger charge is 2.38. The number of hydrogen-bond acceptors (Lipinski definition) is 12. The van der Waals surface area contributed by atoms with Crippen LogP contribution in [0.2, 0.25) is 0 Å². The Morgan fingerprint density at radius 1 is 0.529 bits per heavy atom. The molecule has 676 valence electrons. The molecule has 2 aromatic rings. The SMILES string of the molecule is C#CC[N+](C)(C)CC.C#CC[N+](C)(C)CC#C.C#CC[N+](C)(C)CCO.C#CC[N+](C)(C)C[C@@H](C)C(=O)OC.C#CC[N+](C)(C)C[C@H](C)C(=O)OC.C#CC[N+](C)(C)Cc1ncn[nH]1.C=C(C[N+](C)(C)CF)C(C)=O.CC1OC1C[N+](C)(C)C.C[N+](C)(C)CC#N.C[N+](C)(C)CC#N.C[N+](C)(C)CC1CC1.C[N+](C)(CCO)Cc1ccccc1. The van der Waals surface area contributed by atoms with Crippen LogP contribution in [0.4, 0.5) is 4.39 Å². The molecule has 0 radical (unpaired) electrons. The van der Waals surface area contributed by atoms with Crippen molar-refractivity contribution in [1.82, 2.24) is 15.2 Å². The first-order chi connectivity index (χ1) is 54.1. The number of nitrogens with one attached hydrogen (secondary N) is 1. The third-order valence-corrected chi connectivity index (χ3v) is 16.7. The maximum atomic E-state index is 12.2. The van der Waals surface area contributed by atoms with Crippen LogP contribution in [0.5, 0.6) is 0 Å². The van der Waals surface area contributed by atoms with E-state index in [1.165, 1.54) is 52.4 Å². The van der Waals surface area contributed by atoms with Crippen molar-refractivity contribution in [2.24, 2.45) is 17.8 Å². The number of nitrogens with zero attached hydrogens (tertiary/aromatic N) is 16. The van der Waals surface area contributed by atoms with E-state index in [1.807, 2.05) is 131 Å². The summed E-state index contributed by atoms with van der Waals surface area (Å²) in [4.78, 5) is 37.0. The molecule has 2 unspecified atom stereocenters. The fraction of sp³-hybridized carbons (Fsp3) is 0.688. The summed E-state index contributed by atoms with van der Waals surface area (Å²) in [5, 5.41) is 40.3. The molecule has 1 saturated heterocycles. The van der Waals surface area contributed by atoms with Crippen molar-refractivity contribution in [2.45, 2.75) is 72.8 Å². The van der Waals surface area contributed by atoms with Gasteiger partial charge in [0.15, 0.2) is 24.7 Å². The van der Waals surface area contributed by atoms with Crippen LogP contribution in [0.1, 0.15) is 58.8 Å². The monoisotopic (exact) mass is 1680 g/mol. The molecule has 2 heterocycles. The second-order valence-electron chi connectivity index (χ2n) is 39.6. The molecule has 1 aliphatic heterocycles. The number of esters is 2. The number of carbonyl (C=O) groups excluding carboxylic acids is 3. The number of benzene rings is 1. The predicted octanol–water partition coefficient (Wildman–Crippen LogP) is 6.16. The van der Waals surface area contributed by atoms with Gasteiger partial charge in [0.05, 0.1) is 257 Å². The van der Waals surface area contributed by atoms with E-state index in [9.17, 15) is 18.8 Å². The number of H-pyrrole nitrogens is 1. The lowest BCUT2D eigenvalue weighted by atomic mass is 10.1. The number of epoxide rings is 1. The molecule has 0 amide bonds. The molecule has 25 nitrogen and oxygen atoms in total. The second-order valence-corrected chi connectivity index (χ2v) is 39.6. The number of terminal acetylenes is 7. The van der Waals surface area contributed by atoms with Gasteiger partial charge in [-0.2, -0.15) is 20.0 Å². The Balaban J connectivity index is -0.000000189. The normalized spacial score (nSPS) is 13.9. The number of hydrogen-bond donors (Lipinski definition) is 3. The number of nitriles is 2. The van der Waals surface area contributed by atoms with E-state index in [2.05, 4.69) is 195 Å². The Bertz CT molecular complexity index is 3350. The number of ketones is 1. The van der Waals surface area contributed by atoms with Crippen molar-refractivity contribution in [3.8, 4) is 98.5 Å². The molecule has 1 saturated carbocycles. The number of rotatable bonds is 32. The van der Waals surface area contributed by atoms with Gasteiger partial charge < -0.3 is 73.7 Å². The number of aromatic nitrogens is 3. The van der Waals surface area contributed by atoms with Crippen molar-refractivity contribution in [3.63, 3.8) is 0 Å². The van der Waals surface area contributed by atoms with Crippen LogP contribution < -0.4 is 0 Å². The summed E-state index contributed by atoms with van der Waals surface area (Å²) in [7, 11) is 60.2. The van der Waals surface area contributed by atoms with E-state index in [1.54, 1.807) is 14.1 Å². The van der Waals surface area contributed by atoms with E-state index < -0.39 is 6.80 Å². The summed E-state index contributed by atoms with van der Waals surface area (Å²) in [5.41, 5.74) is 1.80. The molecule has 2 fully saturated rings. The molecule has 4 atom stereocenters. The number of carbonyl (C=O) groups is 3. The highest BCUT2D eigenvalue weighted by molar-refractivity contribution is 5.92. The van der Waals surface area contributed by atoms with Gasteiger partial charge in [-0.3, -0.25) is 24.0 Å². The molecule has 4 rings (SSSR count). The van der Waals surface area contributed by atoms with Crippen LogP contribution in [0.3, 0.4) is 0 Å². The van der Waals surface area contributed by atoms with Crippen molar-refractivity contribution in [2.75, 3.05) is 343 Å². The number of quaternary nitrogens is 12. The van der Waals surface area contributed by atoms with Crippen LogP contribution in [0.25, 0.3) is 0 Å². The van der Waals surface area contributed by atoms with Crippen LogP contribution in [-0.4, -0.2) is 452 Å². The third kappa shape index (κ3) is 93.7. The first-order valence-corrected chi connectivity index (χ1v) is 40.3. The zero-order chi connectivity index (χ0) is 95.2. The average Bonchev–Trinajstić information content (AvgIpc) is 1.69. The Labute approximate surface area is 728 Å². The summed E-state index contributed by atoms with van der Waals surface area (Å²) in [6.07, 6.45) is 41.6. The number of likely N-dealkylation sites (N-methyl/N-ethyl adjacent to an activating group) is 4. The zero-order valence-electron chi connectivity index (χ0n) is 81.9. The van der Waals surface area contributed by atoms with Gasteiger partial charge in [0.1, 0.15) is 121 Å². The van der Waals surface area contributed by atoms with Crippen molar-refractivity contribution in [1.29, 1.82) is 10.5 Å². The Morgan fingerprint density at radius 3 is 1.12 bits per heavy atom. The van der Waals surface area contributed by atoms with Gasteiger partial charge in [-0.1, -0.05) is 36.9 Å². The first-order valence-electron chi connectivity index (χ1n) is 40.3. The summed E-state index contributed by atoms with van der Waals surface area (Å²) in [6, 6.07) is 14.5. The van der Waals surface area contributed by atoms with Crippen molar-refractivity contribution >= 4 is 17.7 Å². The molecule has 3 N–H and O–H groups in total. The number of methoxy groups -OCH3 is 2. The number of alkyl halides is 1. The number of halogens is 1. The van der Waals surface area contributed by atoms with Crippen LogP contribution in [0.15, 0.2) is 48.8 Å². The number of Topliss-reactive ketones (excluding diaryl/α,β-unsaturated/α-hetero) is 1. The minimum atomic E-state index is -0.480. The van der Waals surface area contributed by atoms with Gasteiger partial charge in [0.25, 0.3) is 0 Å². The lowest BCUT2D eigenvalue weighted by Crippen LogP contribution is -2.45. The van der Waals surface area contributed by atoms with Gasteiger partial charge >= 0.3 is 11.9 Å². The number of aromatic amines is 1. The van der Waals surface area contributed by atoms with E-state index in [0.29, 0.717) is 108 Å². The first kappa shape index (κ1) is 127. The van der Waals surface area contributed by atoms with Crippen LogP contribution in [-0.2, 0) is 41.7 Å². The van der Waals surface area contributed by atoms with Crippen LogP contribution >= 0.6 is 0 Å². The van der Waals surface area contributed by atoms with Gasteiger partial charge in [-0.05, 0) is 88.9 Å². The molecule has 26 heteroatoms. The lowest BCUT2D eigenvalue weighted by Gasteiger charge is -2.29. The fourth-order valence-electron chi connectivity index (χ4n) is 9.74. The fourth-order valence-corrected chi connectivity index (χ4v) is 9.74. The van der Waals surface area contributed by atoms with E-state index >= 15 is 0 Å². The quantitative estimate of drug-likeness (QED) is 0.0143. The topological polar surface area (TPSA) is 212 Å². The zero-order valence-corrected chi connectivity index (χ0v) is 81.9. The largest absolute Gasteiger partial charge is 0.469 e. The number of ether oxygens (including phenoxy) is 3. The van der Waals surface area contributed by atoms with Crippen molar-refractivity contribution in [3.05, 3.63) is 60.2 Å². The Hall–Kier alpha value is -8.06. The van der Waals surface area contributed by atoms with Gasteiger partial charge in [-0.25, -0.2) is 4.98 Å². The number of aliphatic hydroxyl groups excluding tert-OH is 2. The Kier molecular flexibility index (Phi) is 68.9. The summed E-state index contributed by atoms with van der Waals surface area (Å²) in [6.45, 7) is 27.6. The van der Waals surface area contributed by atoms with E-state index in [4.69, 9.17) is 70.4 Å². The maximum absolute atomic E-state index is 12.2. The molecular formula is C93H176FN17O8+12. The average molecular weight is 1680 g/mol. The minimum absolute atomic E-state index is 0.0651. The molecule has 1 aromatic heterocycles. The third-order valence-electron chi connectivity index (χ3n) is 16.7. The van der Waals surface area contributed by atoms with E-state index in [0.717, 1.165) is 88.9 Å². The second kappa shape index (κ2) is 64.8. The molecule has 1 aliphatic carbocycles. The summed E-state index contributed by atoms with van der Waals surface area (Å²) in [5.74, 6) is 19.4. The molecule has 0 bridgehead atoms. The number of aliphatic hydroxyl groups is 2. The Morgan fingerprint density at radius 2 is 0.874 bits per heavy atom. The summed E-state index contributed by atoms with van der Waals surface area (Å²) >= 11 is 0. The highest BCUT2D eigenvalue weighted by Crippen LogP contribution is 2.30. The van der Waals surface area contributed by atoms with Gasteiger partial charge in [0, 0.05) is 17.1 Å². The molecule has 0 spiro atoms.